The highest BCUT2D eigenvalue weighted by molar-refractivity contribution is 6.07. The van der Waals surface area contributed by atoms with E-state index >= 15 is 0 Å². The van der Waals surface area contributed by atoms with Crippen molar-refractivity contribution in [2.24, 2.45) is 11.8 Å². The number of carbonyl (C=O) groups excluding carboxylic acids is 4. The summed E-state index contributed by atoms with van der Waals surface area (Å²) in [7, 11) is 0. The lowest BCUT2D eigenvalue weighted by molar-refractivity contribution is -0.147. The van der Waals surface area contributed by atoms with E-state index in [0.717, 1.165) is 0 Å². The largest absolute Gasteiger partial charge is 0.332 e. The molecule has 0 aromatic rings. The zero-order valence-corrected chi connectivity index (χ0v) is 7.94. The van der Waals surface area contributed by atoms with Gasteiger partial charge in [0.1, 0.15) is 0 Å². The number of urea groups is 2. The third-order valence-electron chi connectivity index (χ3n) is 3.22. The minimum absolute atomic E-state index is 0.471. The van der Waals surface area contributed by atoms with Crippen LogP contribution in [-0.4, -0.2) is 36.0 Å². The fourth-order valence-electron chi connectivity index (χ4n) is 2.52. The van der Waals surface area contributed by atoms with E-state index in [-0.39, 0.29) is 0 Å². The van der Waals surface area contributed by atoms with Gasteiger partial charge >= 0.3 is 12.1 Å². The predicted molar refractivity (Wildman–Crippen MR) is 47.9 cm³/mol. The fourth-order valence-corrected chi connectivity index (χ4v) is 2.52. The number of nitrogens with one attached hydrogen (secondary N) is 4. The molecule has 2 heterocycles. The summed E-state index contributed by atoms with van der Waals surface area (Å²) < 4.78 is 0. The minimum atomic E-state index is -0.594. The van der Waals surface area contributed by atoms with Crippen LogP contribution in [0.1, 0.15) is 0 Å². The number of amides is 6. The summed E-state index contributed by atoms with van der Waals surface area (Å²) in [6.45, 7) is 0. The second-order valence-corrected chi connectivity index (χ2v) is 4.03. The molecule has 0 aromatic heterocycles. The molecule has 1 saturated carbocycles. The van der Waals surface area contributed by atoms with Crippen LogP contribution in [0.2, 0.25) is 0 Å². The third-order valence-corrected chi connectivity index (χ3v) is 3.22. The molecule has 8 nitrogen and oxygen atoms in total. The predicted octanol–water partition coefficient (Wildman–Crippen LogP) is -2.35. The lowest BCUT2D eigenvalue weighted by atomic mass is 9.62. The summed E-state index contributed by atoms with van der Waals surface area (Å²) in [5.41, 5.74) is 0. The molecule has 3 aliphatic rings. The Bertz CT molecular complexity index is 394. The van der Waals surface area contributed by atoms with Crippen LogP contribution < -0.4 is 21.3 Å². The maximum Gasteiger partial charge on any atom is 0.321 e. The van der Waals surface area contributed by atoms with Crippen molar-refractivity contribution in [3.05, 3.63) is 0 Å². The van der Waals surface area contributed by atoms with Crippen molar-refractivity contribution in [3.8, 4) is 0 Å². The van der Waals surface area contributed by atoms with Gasteiger partial charge in [-0.1, -0.05) is 0 Å². The first-order valence-corrected chi connectivity index (χ1v) is 4.80. The van der Waals surface area contributed by atoms with Gasteiger partial charge in [-0.05, 0) is 0 Å². The standard InChI is InChI=1S/C8H8N4O4/c13-5-1-2-4(3(1)9-7(15)11-5)10-8(16)12-6(2)14/h1-4H,(H2,9,11,13,15)(H2,10,12,14,16)/t1-,2+,3-,4+. The average Bonchev–Trinajstić information content (AvgIpc) is 2.16. The number of carbonyl (C=O) groups is 4. The van der Waals surface area contributed by atoms with Gasteiger partial charge in [-0.2, -0.15) is 0 Å². The van der Waals surface area contributed by atoms with E-state index < -0.39 is 47.8 Å². The Morgan fingerprint density at radius 1 is 0.688 bits per heavy atom. The normalized spacial score (nSPS) is 40.5. The highest BCUT2D eigenvalue weighted by atomic mass is 16.2. The van der Waals surface area contributed by atoms with Gasteiger partial charge in [-0.25, -0.2) is 9.59 Å². The minimum Gasteiger partial charge on any atom is -0.332 e. The molecule has 2 saturated heterocycles. The van der Waals surface area contributed by atoms with Gasteiger partial charge in [-0.15, -0.1) is 0 Å². The van der Waals surface area contributed by atoms with E-state index in [1.54, 1.807) is 0 Å². The zero-order valence-electron chi connectivity index (χ0n) is 7.94. The van der Waals surface area contributed by atoms with Gasteiger partial charge in [0.05, 0.1) is 23.9 Å². The molecule has 0 spiro atoms. The number of fused-ring (bicyclic) bond motifs is 4. The molecule has 4 atom stereocenters. The number of hydrogen-bond donors (Lipinski definition) is 4. The Morgan fingerprint density at radius 3 is 1.44 bits per heavy atom. The number of hydrogen-bond acceptors (Lipinski definition) is 4. The fraction of sp³-hybridized carbons (Fsp3) is 0.500. The summed E-state index contributed by atoms with van der Waals surface area (Å²) in [6.07, 6.45) is 0. The van der Waals surface area contributed by atoms with E-state index in [1.165, 1.54) is 0 Å². The topological polar surface area (TPSA) is 116 Å². The van der Waals surface area contributed by atoms with Crippen LogP contribution in [0, 0.1) is 11.8 Å². The van der Waals surface area contributed by atoms with Gasteiger partial charge < -0.3 is 10.6 Å². The summed E-state index contributed by atoms with van der Waals surface area (Å²) >= 11 is 0. The van der Waals surface area contributed by atoms with Gasteiger partial charge in [0.2, 0.25) is 11.8 Å². The van der Waals surface area contributed by atoms with Crippen molar-refractivity contribution in [2.45, 2.75) is 12.1 Å². The van der Waals surface area contributed by atoms with Crippen molar-refractivity contribution in [1.29, 1.82) is 0 Å². The number of rotatable bonds is 0. The van der Waals surface area contributed by atoms with Gasteiger partial charge in [0.15, 0.2) is 0 Å². The molecule has 4 N–H and O–H groups in total. The average molecular weight is 224 g/mol. The molecule has 0 aromatic carbocycles. The van der Waals surface area contributed by atoms with E-state index in [9.17, 15) is 19.2 Å². The monoisotopic (exact) mass is 224 g/mol. The SMILES string of the molecule is O=C1NC(=O)[C@@H]2[C@H](N1)[C@@H]1NC(=O)NC(=O)[C@@H]12. The van der Waals surface area contributed by atoms with Crippen LogP contribution in [0.5, 0.6) is 0 Å². The molecular weight excluding hydrogens is 216 g/mol. The van der Waals surface area contributed by atoms with Crippen molar-refractivity contribution in [1.82, 2.24) is 21.3 Å². The maximum atomic E-state index is 11.5. The molecule has 3 rings (SSSR count). The van der Waals surface area contributed by atoms with Crippen LogP contribution in [0.3, 0.4) is 0 Å². The van der Waals surface area contributed by atoms with Gasteiger partial charge in [0.25, 0.3) is 0 Å². The van der Waals surface area contributed by atoms with Crippen molar-refractivity contribution in [2.75, 3.05) is 0 Å². The summed E-state index contributed by atoms with van der Waals surface area (Å²) in [5.74, 6) is -2.13. The quantitative estimate of drug-likeness (QED) is 0.368. The first-order valence-electron chi connectivity index (χ1n) is 4.80. The molecule has 0 bridgehead atoms. The van der Waals surface area contributed by atoms with E-state index in [2.05, 4.69) is 21.3 Å². The second-order valence-electron chi connectivity index (χ2n) is 4.03. The molecule has 8 heteroatoms. The van der Waals surface area contributed by atoms with Crippen molar-refractivity contribution in [3.63, 3.8) is 0 Å². The summed E-state index contributed by atoms with van der Waals surface area (Å²) in [5, 5.41) is 9.23. The lowest BCUT2D eigenvalue weighted by Crippen LogP contribution is -2.81. The van der Waals surface area contributed by atoms with Crippen molar-refractivity contribution < 1.29 is 19.2 Å². The molecule has 0 radical (unpaired) electrons. The summed E-state index contributed by atoms with van der Waals surface area (Å²) in [4.78, 5) is 45.1. The van der Waals surface area contributed by atoms with E-state index in [0.29, 0.717) is 0 Å². The van der Waals surface area contributed by atoms with Crippen LogP contribution in [0.4, 0.5) is 9.59 Å². The molecule has 0 unspecified atom stereocenters. The van der Waals surface area contributed by atoms with Crippen LogP contribution in [0.15, 0.2) is 0 Å². The summed E-state index contributed by atoms with van der Waals surface area (Å²) in [6, 6.07) is -2.16. The molecule has 84 valence electrons. The zero-order chi connectivity index (χ0) is 11.4. The molecule has 2 aliphatic heterocycles. The Kier molecular flexibility index (Phi) is 1.55. The highest BCUT2D eigenvalue weighted by Gasteiger charge is 2.62. The lowest BCUT2D eigenvalue weighted by Gasteiger charge is -2.53. The van der Waals surface area contributed by atoms with Crippen molar-refractivity contribution >= 4 is 23.9 Å². The van der Waals surface area contributed by atoms with Gasteiger partial charge in [0, 0.05) is 0 Å². The highest BCUT2D eigenvalue weighted by Crippen LogP contribution is 2.38. The van der Waals surface area contributed by atoms with Crippen LogP contribution >= 0.6 is 0 Å². The maximum absolute atomic E-state index is 11.5. The smallest absolute Gasteiger partial charge is 0.321 e. The Labute approximate surface area is 89.1 Å². The molecule has 3 fully saturated rings. The van der Waals surface area contributed by atoms with E-state index in [1.807, 2.05) is 0 Å². The first kappa shape index (κ1) is 9.13. The molecule has 6 amide bonds. The first-order chi connectivity index (χ1) is 7.58. The van der Waals surface area contributed by atoms with Gasteiger partial charge in [-0.3, -0.25) is 20.2 Å². The Hall–Kier alpha value is -2.12. The van der Waals surface area contributed by atoms with Crippen LogP contribution in [0.25, 0.3) is 0 Å². The number of imide groups is 2. The Morgan fingerprint density at radius 2 is 1.06 bits per heavy atom. The van der Waals surface area contributed by atoms with E-state index in [4.69, 9.17) is 0 Å². The second kappa shape index (κ2) is 2.71. The molecule has 1 aliphatic carbocycles. The van der Waals surface area contributed by atoms with Crippen LogP contribution in [-0.2, 0) is 9.59 Å². The Balaban J connectivity index is 1.89. The molecule has 16 heavy (non-hydrogen) atoms. The molecular formula is C8H8N4O4. The third kappa shape index (κ3) is 0.980.